The van der Waals surface area contributed by atoms with Crippen molar-refractivity contribution in [1.29, 1.82) is 0 Å². The topological polar surface area (TPSA) is 20.3 Å². The number of rotatable bonds is 5. The lowest BCUT2D eigenvalue weighted by atomic mass is 10.1. The van der Waals surface area contributed by atoms with Crippen molar-refractivity contribution in [2.45, 2.75) is 20.3 Å². The van der Waals surface area contributed by atoms with Crippen molar-refractivity contribution in [3.8, 4) is 0 Å². The zero-order valence-corrected chi connectivity index (χ0v) is 11.5. The van der Waals surface area contributed by atoms with Crippen LogP contribution >= 0.6 is 15.9 Å². The number of carbonyl (C=O) groups excluding carboxylic acids is 1. The van der Waals surface area contributed by atoms with Crippen LogP contribution in [0.25, 0.3) is 0 Å². The lowest BCUT2D eigenvalue weighted by molar-refractivity contribution is 0.0764. The molecule has 1 amide bonds. The third-order valence-electron chi connectivity index (χ3n) is 2.61. The number of halogens is 1. The molecule has 0 saturated heterocycles. The molecule has 0 atom stereocenters. The van der Waals surface area contributed by atoms with Gasteiger partial charge in [0.2, 0.25) is 0 Å². The van der Waals surface area contributed by atoms with Crippen LogP contribution in [0.15, 0.2) is 24.3 Å². The summed E-state index contributed by atoms with van der Waals surface area (Å²) in [7, 11) is 0. The molecule has 0 aliphatic heterocycles. The number of hydrogen-bond acceptors (Lipinski definition) is 1. The lowest BCUT2D eigenvalue weighted by Crippen LogP contribution is -2.32. The van der Waals surface area contributed by atoms with Crippen LogP contribution in [-0.4, -0.2) is 29.2 Å². The predicted octanol–water partition coefficient (Wildman–Crippen LogP) is 3.24. The fourth-order valence-electron chi connectivity index (χ4n) is 1.64. The van der Waals surface area contributed by atoms with Crippen LogP contribution in [0.1, 0.15) is 29.3 Å². The van der Waals surface area contributed by atoms with Crippen molar-refractivity contribution in [2.24, 2.45) is 0 Å². The lowest BCUT2D eigenvalue weighted by Gasteiger charge is -2.21. The van der Waals surface area contributed by atoms with Crippen molar-refractivity contribution >= 4 is 21.8 Å². The highest BCUT2D eigenvalue weighted by Gasteiger charge is 2.14. The number of nitrogens with zero attached hydrogens (tertiary/aromatic N) is 1. The number of carbonyl (C=O) groups is 1. The quantitative estimate of drug-likeness (QED) is 0.760. The highest BCUT2D eigenvalue weighted by atomic mass is 79.9. The van der Waals surface area contributed by atoms with Crippen molar-refractivity contribution in [3.05, 3.63) is 35.4 Å². The van der Waals surface area contributed by atoms with E-state index in [1.807, 2.05) is 43.0 Å². The molecule has 0 aliphatic rings. The second-order valence-electron chi connectivity index (χ2n) is 3.74. The van der Waals surface area contributed by atoms with Gasteiger partial charge in [-0.3, -0.25) is 4.79 Å². The van der Waals surface area contributed by atoms with E-state index in [9.17, 15) is 4.79 Å². The van der Waals surface area contributed by atoms with Gasteiger partial charge in [0, 0.05) is 24.0 Å². The minimum absolute atomic E-state index is 0.140. The second kappa shape index (κ2) is 6.69. The van der Waals surface area contributed by atoms with Gasteiger partial charge in [-0.05, 0) is 31.9 Å². The SMILES string of the molecule is CCN(CCCBr)C(=O)c1ccccc1C. The van der Waals surface area contributed by atoms with E-state index in [2.05, 4.69) is 15.9 Å². The molecule has 0 spiro atoms. The Bertz CT molecular complexity index is 352. The maximum absolute atomic E-state index is 12.2. The van der Waals surface area contributed by atoms with E-state index >= 15 is 0 Å². The molecule has 16 heavy (non-hydrogen) atoms. The molecular weight excluding hydrogens is 266 g/mol. The smallest absolute Gasteiger partial charge is 0.254 e. The molecule has 0 bridgehead atoms. The Morgan fingerprint density at radius 2 is 2.06 bits per heavy atom. The summed E-state index contributed by atoms with van der Waals surface area (Å²) in [5.41, 5.74) is 1.86. The van der Waals surface area contributed by atoms with Crippen LogP contribution < -0.4 is 0 Å². The van der Waals surface area contributed by atoms with Gasteiger partial charge in [0.1, 0.15) is 0 Å². The van der Waals surface area contributed by atoms with Crippen molar-refractivity contribution in [1.82, 2.24) is 4.90 Å². The standard InChI is InChI=1S/C13H18BrNO/c1-3-15(10-6-9-14)13(16)12-8-5-4-7-11(12)2/h4-5,7-8H,3,6,9-10H2,1-2H3. The van der Waals surface area contributed by atoms with Crippen molar-refractivity contribution in [2.75, 3.05) is 18.4 Å². The zero-order valence-electron chi connectivity index (χ0n) is 9.87. The van der Waals surface area contributed by atoms with Gasteiger partial charge in [-0.1, -0.05) is 34.1 Å². The van der Waals surface area contributed by atoms with Gasteiger partial charge in [-0.25, -0.2) is 0 Å². The molecule has 0 heterocycles. The molecule has 0 aliphatic carbocycles. The fraction of sp³-hybridized carbons (Fsp3) is 0.462. The van der Waals surface area contributed by atoms with Gasteiger partial charge in [0.15, 0.2) is 0 Å². The first-order chi connectivity index (χ1) is 7.70. The van der Waals surface area contributed by atoms with E-state index in [-0.39, 0.29) is 5.91 Å². The van der Waals surface area contributed by atoms with E-state index < -0.39 is 0 Å². The molecule has 0 N–H and O–H groups in total. The fourth-order valence-corrected chi connectivity index (χ4v) is 1.89. The van der Waals surface area contributed by atoms with Gasteiger partial charge in [-0.15, -0.1) is 0 Å². The van der Waals surface area contributed by atoms with Gasteiger partial charge < -0.3 is 4.90 Å². The Balaban J connectivity index is 2.79. The van der Waals surface area contributed by atoms with E-state index in [0.717, 1.165) is 36.0 Å². The molecule has 1 aromatic carbocycles. The maximum atomic E-state index is 12.2. The van der Waals surface area contributed by atoms with Gasteiger partial charge in [0.25, 0.3) is 5.91 Å². The summed E-state index contributed by atoms with van der Waals surface area (Å²) in [6, 6.07) is 7.75. The third-order valence-corrected chi connectivity index (χ3v) is 3.17. The highest BCUT2D eigenvalue weighted by molar-refractivity contribution is 9.09. The summed E-state index contributed by atoms with van der Waals surface area (Å²) in [5, 5.41) is 0.935. The van der Waals surface area contributed by atoms with Gasteiger partial charge in [-0.2, -0.15) is 0 Å². The Kier molecular flexibility index (Phi) is 5.53. The van der Waals surface area contributed by atoms with Gasteiger partial charge >= 0.3 is 0 Å². The molecule has 0 radical (unpaired) electrons. The highest BCUT2D eigenvalue weighted by Crippen LogP contribution is 2.11. The summed E-state index contributed by atoms with van der Waals surface area (Å²) in [6.07, 6.45) is 0.992. The molecule has 1 rings (SSSR count). The Labute approximate surface area is 106 Å². The molecule has 88 valence electrons. The Hall–Kier alpha value is -0.830. The monoisotopic (exact) mass is 283 g/mol. The molecule has 0 saturated carbocycles. The van der Waals surface area contributed by atoms with Crippen LogP contribution in [0.3, 0.4) is 0 Å². The normalized spacial score (nSPS) is 10.2. The Morgan fingerprint density at radius 1 is 1.38 bits per heavy atom. The third kappa shape index (κ3) is 3.34. The average Bonchev–Trinajstić information content (AvgIpc) is 2.30. The van der Waals surface area contributed by atoms with Crippen LogP contribution in [-0.2, 0) is 0 Å². The number of hydrogen-bond donors (Lipinski definition) is 0. The zero-order chi connectivity index (χ0) is 12.0. The summed E-state index contributed by atoms with van der Waals surface area (Å²) in [4.78, 5) is 14.1. The first-order valence-electron chi connectivity index (χ1n) is 5.61. The predicted molar refractivity (Wildman–Crippen MR) is 71.2 cm³/mol. The van der Waals surface area contributed by atoms with Crippen LogP contribution in [0.2, 0.25) is 0 Å². The van der Waals surface area contributed by atoms with Gasteiger partial charge in [0.05, 0.1) is 0 Å². The average molecular weight is 284 g/mol. The van der Waals surface area contributed by atoms with E-state index in [0.29, 0.717) is 0 Å². The van der Waals surface area contributed by atoms with Crippen LogP contribution in [0, 0.1) is 6.92 Å². The first-order valence-corrected chi connectivity index (χ1v) is 6.73. The van der Waals surface area contributed by atoms with E-state index in [1.165, 1.54) is 0 Å². The van der Waals surface area contributed by atoms with E-state index in [1.54, 1.807) is 0 Å². The van der Waals surface area contributed by atoms with E-state index in [4.69, 9.17) is 0 Å². The summed E-state index contributed by atoms with van der Waals surface area (Å²) in [6.45, 7) is 5.57. The number of aryl methyl sites for hydroxylation is 1. The molecule has 1 aromatic rings. The summed E-state index contributed by atoms with van der Waals surface area (Å²) < 4.78 is 0. The maximum Gasteiger partial charge on any atom is 0.254 e. The van der Waals surface area contributed by atoms with Crippen molar-refractivity contribution in [3.63, 3.8) is 0 Å². The number of amides is 1. The second-order valence-corrected chi connectivity index (χ2v) is 4.54. The number of benzene rings is 1. The minimum atomic E-state index is 0.140. The number of alkyl halides is 1. The Morgan fingerprint density at radius 3 is 2.62 bits per heavy atom. The molecule has 0 aromatic heterocycles. The van der Waals surface area contributed by atoms with Crippen molar-refractivity contribution < 1.29 is 4.79 Å². The molecule has 3 heteroatoms. The molecule has 2 nitrogen and oxygen atoms in total. The summed E-state index contributed by atoms with van der Waals surface area (Å²) in [5.74, 6) is 0.140. The molecule has 0 fully saturated rings. The van der Waals surface area contributed by atoms with Crippen LogP contribution in [0.5, 0.6) is 0 Å². The summed E-state index contributed by atoms with van der Waals surface area (Å²) >= 11 is 3.39. The van der Waals surface area contributed by atoms with Crippen LogP contribution in [0.4, 0.5) is 0 Å². The minimum Gasteiger partial charge on any atom is -0.339 e. The molecular formula is C13H18BrNO. The molecule has 0 unspecified atom stereocenters. The first kappa shape index (κ1) is 13.2. The largest absolute Gasteiger partial charge is 0.339 e.